The highest BCUT2D eigenvalue weighted by Gasteiger charge is 2.13. The molecule has 0 spiro atoms. The summed E-state index contributed by atoms with van der Waals surface area (Å²) in [7, 11) is 3.67. The first-order valence-electron chi connectivity index (χ1n) is 8.60. The van der Waals surface area contributed by atoms with E-state index in [1.807, 2.05) is 55.7 Å². The summed E-state index contributed by atoms with van der Waals surface area (Å²) in [5, 5.41) is 7.54. The SMILES string of the molecule is CC(C)N(C)c1ccc(CNc2nn(C)c(=O)n2-c2ccccc2)cn1. The lowest BCUT2D eigenvalue weighted by molar-refractivity contribution is 0.726. The Balaban J connectivity index is 1.79. The van der Waals surface area contributed by atoms with Gasteiger partial charge < -0.3 is 10.2 Å². The molecule has 26 heavy (non-hydrogen) atoms. The number of anilines is 2. The van der Waals surface area contributed by atoms with Crippen molar-refractivity contribution in [3.8, 4) is 5.69 Å². The van der Waals surface area contributed by atoms with Crippen LogP contribution < -0.4 is 15.9 Å². The minimum Gasteiger partial charge on any atom is -0.357 e. The van der Waals surface area contributed by atoms with Crippen LogP contribution in [0.2, 0.25) is 0 Å². The number of aryl methyl sites for hydroxylation is 1. The van der Waals surface area contributed by atoms with Gasteiger partial charge in [0.2, 0.25) is 5.95 Å². The van der Waals surface area contributed by atoms with E-state index in [0.29, 0.717) is 18.5 Å². The number of aromatic nitrogens is 4. The van der Waals surface area contributed by atoms with Gasteiger partial charge in [0.15, 0.2) is 0 Å². The van der Waals surface area contributed by atoms with Gasteiger partial charge >= 0.3 is 5.69 Å². The van der Waals surface area contributed by atoms with E-state index in [4.69, 9.17) is 0 Å². The Morgan fingerprint density at radius 3 is 2.50 bits per heavy atom. The molecular weight excluding hydrogens is 328 g/mol. The summed E-state index contributed by atoms with van der Waals surface area (Å²) in [6.07, 6.45) is 1.84. The standard InChI is InChI=1S/C19H24N6O/c1-14(2)23(3)17-11-10-15(12-20-17)13-21-18-22-24(4)19(26)25(18)16-8-6-5-7-9-16/h5-12,14H,13H2,1-4H3,(H,21,22). The molecule has 0 saturated carbocycles. The fourth-order valence-corrected chi connectivity index (χ4v) is 2.56. The van der Waals surface area contributed by atoms with Crippen molar-refractivity contribution in [2.45, 2.75) is 26.4 Å². The van der Waals surface area contributed by atoms with E-state index < -0.39 is 0 Å². The average Bonchev–Trinajstić information content (AvgIpc) is 2.94. The molecule has 0 unspecified atom stereocenters. The van der Waals surface area contributed by atoms with Crippen molar-refractivity contribution in [1.82, 2.24) is 19.3 Å². The molecule has 0 aliphatic rings. The molecule has 7 heteroatoms. The van der Waals surface area contributed by atoms with Crippen molar-refractivity contribution in [3.05, 3.63) is 64.7 Å². The Kier molecular flexibility index (Phi) is 5.06. The third-order valence-electron chi connectivity index (χ3n) is 4.33. The Bertz CT molecular complexity index is 911. The maximum Gasteiger partial charge on any atom is 0.351 e. The van der Waals surface area contributed by atoms with Crippen LogP contribution in [0.3, 0.4) is 0 Å². The van der Waals surface area contributed by atoms with Crippen LogP contribution in [-0.4, -0.2) is 32.4 Å². The van der Waals surface area contributed by atoms with Gasteiger partial charge in [0.25, 0.3) is 0 Å². The molecule has 136 valence electrons. The zero-order valence-electron chi connectivity index (χ0n) is 15.5. The van der Waals surface area contributed by atoms with Gasteiger partial charge in [-0.3, -0.25) is 0 Å². The van der Waals surface area contributed by atoms with Crippen LogP contribution in [0.25, 0.3) is 5.69 Å². The van der Waals surface area contributed by atoms with E-state index in [1.165, 1.54) is 4.68 Å². The molecular formula is C19H24N6O. The van der Waals surface area contributed by atoms with Gasteiger partial charge in [-0.1, -0.05) is 24.3 Å². The Labute approximate surface area is 152 Å². The molecule has 2 aromatic heterocycles. The Morgan fingerprint density at radius 2 is 1.88 bits per heavy atom. The molecule has 0 radical (unpaired) electrons. The van der Waals surface area contributed by atoms with E-state index in [-0.39, 0.29) is 5.69 Å². The zero-order valence-corrected chi connectivity index (χ0v) is 15.5. The van der Waals surface area contributed by atoms with Crippen molar-refractivity contribution in [3.63, 3.8) is 0 Å². The predicted octanol–water partition coefficient (Wildman–Crippen LogP) is 2.42. The van der Waals surface area contributed by atoms with E-state index in [0.717, 1.165) is 17.1 Å². The first-order chi connectivity index (χ1) is 12.5. The summed E-state index contributed by atoms with van der Waals surface area (Å²) < 4.78 is 2.89. The quantitative estimate of drug-likeness (QED) is 0.738. The maximum atomic E-state index is 12.4. The van der Waals surface area contributed by atoms with Gasteiger partial charge in [-0.25, -0.2) is 19.0 Å². The van der Waals surface area contributed by atoms with Gasteiger partial charge in [0, 0.05) is 32.9 Å². The Morgan fingerprint density at radius 1 is 1.15 bits per heavy atom. The smallest absolute Gasteiger partial charge is 0.351 e. The lowest BCUT2D eigenvalue weighted by Crippen LogP contribution is -2.26. The number of hydrogen-bond donors (Lipinski definition) is 1. The number of nitrogens with zero attached hydrogens (tertiary/aromatic N) is 5. The molecule has 0 saturated heterocycles. The second kappa shape index (κ2) is 7.43. The minimum atomic E-state index is -0.189. The van der Waals surface area contributed by atoms with Crippen LogP contribution in [-0.2, 0) is 13.6 Å². The monoisotopic (exact) mass is 352 g/mol. The molecule has 2 heterocycles. The van der Waals surface area contributed by atoms with Gasteiger partial charge in [-0.15, -0.1) is 5.10 Å². The molecule has 0 amide bonds. The summed E-state index contributed by atoms with van der Waals surface area (Å²) in [4.78, 5) is 19.0. The summed E-state index contributed by atoms with van der Waals surface area (Å²) in [5.74, 6) is 1.44. The highest BCUT2D eigenvalue weighted by Crippen LogP contribution is 2.14. The van der Waals surface area contributed by atoms with E-state index in [9.17, 15) is 4.79 Å². The second-order valence-corrected chi connectivity index (χ2v) is 6.48. The summed E-state index contributed by atoms with van der Waals surface area (Å²) in [6.45, 7) is 4.78. The summed E-state index contributed by atoms with van der Waals surface area (Å²) in [6, 6.07) is 13.9. The van der Waals surface area contributed by atoms with Crippen molar-refractivity contribution in [2.24, 2.45) is 7.05 Å². The van der Waals surface area contributed by atoms with Crippen LogP contribution in [0, 0.1) is 0 Å². The van der Waals surface area contributed by atoms with Crippen LogP contribution in [0.15, 0.2) is 53.5 Å². The third-order valence-corrected chi connectivity index (χ3v) is 4.33. The van der Waals surface area contributed by atoms with E-state index in [1.54, 1.807) is 11.6 Å². The number of pyridine rings is 1. The number of benzene rings is 1. The second-order valence-electron chi connectivity index (χ2n) is 6.48. The molecule has 7 nitrogen and oxygen atoms in total. The summed E-state index contributed by atoms with van der Waals surface area (Å²) in [5.41, 5.74) is 1.61. The van der Waals surface area contributed by atoms with Crippen molar-refractivity contribution < 1.29 is 0 Å². The maximum absolute atomic E-state index is 12.4. The lowest BCUT2D eigenvalue weighted by Gasteiger charge is -2.22. The normalized spacial score (nSPS) is 11.0. The van der Waals surface area contributed by atoms with Crippen LogP contribution in [0.5, 0.6) is 0 Å². The lowest BCUT2D eigenvalue weighted by atomic mass is 10.2. The molecule has 1 aromatic carbocycles. The number of para-hydroxylation sites is 1. The average molecular weight is 352 g/mol. The fraction of sp³-hybridized carbons (Fsp3) is 0.316. The number of hydrogen-bond acceptors (Lipinski definition) is 5. The van der Waals surface area contributed by atoms with Gasteiger partial charge in [-0.05, 0) is 37.6 Å². The van der Waals surface area contributed by atoms with Crippen LogP contribution in [0.4, 0.5) is 11.8 Å². The first-order valence-corrected chi connectivity index (χ1v) is 8.60. The van der Waals surface area contributed by atoms with Gasteiger partial charge in [0.1, 0.15) is 5.82 Å². The fourth-order valence-electron chi connectivity index (χ4n) is 2.56. The minimum absolute atomic E-state index is 0.189. The number of nitrogens with one attached hydrogen (secondary N) is 1. The molecule has 0 aliphatic carbocycles. The molecule has 0 aliphatic heterocycles. The van der Waals surface area contributed by atoms with Crippen LogP contribution >= 0.6 is 0 Å². The molecule has 0 atom stereocenters. The number of rotatable bonds is 6. The van der Waals surface area contributed by atoms with Crippen molar-refractivity contribution in [1.29, 1.82) is 0 Å². The van der Waals surface area contributed by atoms with Crippen LogP contribution in [0.1, 0.15) is 19.4 Å². The molecule has 0 bridgehead atoms. The molecule has 3 aromatic rings. The van der Waals surface area contributed by atoms with Crippen molar-refractivity contribution in [2.75, 3.05) is 17.3 Å². The van der Waals surface area contributed by atoms with Gasteiger partial charge in [0.05, 0.1) is 5.69 Å². The third kappa shape index (κ3) is 3.61. The Hall–Kier alpha value is -3.09. The zero-order chi connectivity index (χ0) is 18.7. The molecule has 3 rings (SSSR count). The first kappa shape index (κ1) is 17.7. The highest BCUT2D eigenvalue weighted by molar-refractivity contribution is 5.42. The van der Waals surface area contributed by atoms with Gasteiger partial charge in [-0.2, -0.15) is 0 Å². The molecule has 1 N–H and O–H groups in total. The molecule has 0 fully saturated rings. The van der Waals surface area contributed by atoms with E-state index >= 15 is 0 Å². The topological polar surface area (TPSA) is 68.0 Å². The largest absolute Gasteiger partial charge is 0.357 e. The van der Waals surface area contributed by atoms with Crippen molar-refractivity contribution >= 4 is 11.8 Å². The highest BCUT2D eigenvalue weighted by atomic mass is 16.2. The summed E-state index contributed by atoms with van der Waals surface area (Å²) >= 11 is 0. The predicted molar refractivity (Wildman–Crippen MR) is 104 cm³/mol. The van der Waals surface area contributed by atoms with E-state index in [2.05, 4.69) is 34.1 Å².